The summed E-state index contributed by atoms with van der Waals surface area (Å²) in [7, 11) is 3.81. The maximum absolute atomic E-state index is 11.7. The van der Waals surface area contributed by atoms with E-state index in [0.717, 1.165) is 0 Å². The lowest BCUT2D eigenvalue weighted by atomic mass is 10.1. The lowest BCUT2D eigenvalue weighted by molar-refractivity contribution is -0.143. The van der Waals surface area contributed by atoms with Gasteiger partial charge in [0.25, 0.3) is 0 Å². The fourth-order valence-corrected chi connectivity index (χ4v) is 1.29. The average Bonchev–Trinajstić information content (AvgIpc) is 2.21. The number of hydrogen-bond acceptors (Lipinski definition) is 3. The van der Waals surface area contributed by atoms with Gasteiger partial charge in [0.15, 0.2) is 0 Å². The quantitative estimate of drug-likeness (QED) is 0.692. The van der Waals surface area contributed by atoms with Gasteiger partial charge in [-0.25, -0.2) is 0 Å². The Morgan fingerprint density at radius 3 is 2.25 bits per heavy atom. The van der Waals surface area contributed by atoms with Gasteiger partial charge in [0.1, 0.15) is 0 Å². The molecule has 0 aliphatic carbocycles. The smallest absolute Gasteiger partial charge is 0.308 e. The van der Waals surface area contributed by atoms with Crippen LogP contribution in [0, 0.1) is 5.92 Å². The molecule has 1 N–H and O–H groups in total. The summed E-state index contributed by atoms with van der Waals surface area (Å²) in [5, 5.41) is 8.78. The number of carboxylic acid groups (broad SMARTS) is 1. The molecule has 0 aromatic carbocycles. The van der Waals surface area contributed by atoms with Gasteiger partial charge in [-0.1, -0.05) is 6.92 Å². The van der Waals surface area contributed by atoms with Crippen molar-refractivity contribution in [2.24, 2.45) is 5.92 Å². The predicted molar refractivity (Wildman–Crippen MR) is 62.2 cm³/mol. The van der Waals surface area contributed by atoms with Crippen LogP contribution < -0.4 is 0 Å². The zero-order valence-corrected chi connectivity index (χ0v) is 10.6. The number of carboxylic acids is 1. The third kappa shape index (κ3) is 5.70. The largest absolute Gasteiger partial charge is 0.481 e. The molecular weight excluding hydrogens is 208 g/mol. The van der Waals surface area contributed by atoms with E-state index in [-0.39, 0.29) is 12.5 Å². The lowest BCUT2D eigenvalue weighted by Crippen LogP contribution is -2.37. The van der Waals surface area contributed by atoms with Crippen molar-refractivity contribution in [1.29, 1.82) is 0 Å². The summed E-state index contributed by atoms with van der Waals surface area (Å²) in [6, 6.07) is 0. The summed E-state index contributed by atoms with van der Waals surface area (Å²) >= 11 is 0. The van der Waals surface area contributed by atoms with Crippen LogP contribution in [-0.4, -0.2) is 60.5 Å². The third-order valence-corrected chi connectivity index (χ3v) is 2.42. The van der Waals surface area contributed by atoms with E-state index in [1.54, 1.807) is 11.8 Å². The second-order valence-electron chi connectivity index (χ2n) is 4.22. The minimum absolute atomic E-state index is 0.0179. The molecule has 1 atom stereocenters. The number of carbonyl (C=O) groups is 2. The standard InChI is InChI=1S/C11H22N2O3/c1-5-13(8-9(2)11(15)16)10(14)6-7-12(3)4/h9H,5-8H2,1-4H3,(H,15,16). The van der Waals surface area contributed by atoms with Gasteiger partial charge < -0.3 is 14.9 Å². The van der Waals surface area contributed by atoms with E-state index in [4.69, 9.17) is 5.11 Å². The third-order valence-electron chi connectivity index (χ3n) is 2.42. The Balaban J connectivity index is 4.16. The first-order valence-electron chi connectivity index (χ1n) is 5.53. The van der Waals surface area contributed by atoms with Gasteiger partial charge in [-0.15, -0.1) is 0 Å². The molecule has 0 bridgehead atoms. The van der Waals surface area contributed by atoms with E-state index >= 15 is 0 Å². The molecule has 0 saturated carbocycles. The lowest BCUT2D eigenvalue weighted by Gasteiger charge is -2.23. The first kappa shape index (κ1) is 14.9. The van der Waals surface area contributed by atoms with Crippen LogP contribution in [0.4, 0.5) is 0 Å². The zero-order valence-electron chi connectivity index (χ0n) is 10.6. The Bertz CT molecular complexity index is 241. The summed E-state index contributed by atoms with van der Waals surface area (Å²) in [5.74, 6) is -1.36. The number of carbonyl (C=O) groups excluding carboxylic acids is 1. The Morgan fingerprint density at radius 1 is 1.31 bits per heavy atom. The minimum Gasteiger partial charge on any atom is -0.481 e. The fourth-order valence-electron chi connectivity index (χ4n) is 1.29. The molecule has 0 fully saturated rings. The summed E-state index contributed by atoms with van der Waals surface area (Å²) in [4.78, 5) is 26.0. The van der Waals surface area contributed by atoms with E-state index in [0.29, 0.717) is 19.5 Å². The van der Waals surface area contributed by atoms with Crippen LogP contribution in [0.15, 0.2) is 0 Å². The maximum Gasteiger partial charge on any atom is 0.308 e. The average molecular weight is 230 g/mol. The molecule has 0 spiro atoms. The highest BCUT2D eigenvalue weighted by atomic mass is 16.4. The van der Waals surface area contributed by atoms with Gasteiger partial charge in [0.05, 0.1) is 5.92 Å². The van der Waals surface area contributed by atoms with E-state index in [1.807, 2.05) is 25.9 Å². The number of nitrogens with zero attached hydrogens (tertiary/aromatic N) is 2. The van der Waals surface area contributed by atoms with Gasteiger partial charge in [-0.05, 0) is 21.0 Å². The molecule has 0 radical (unpaired) electrons. The number of amides is 1. The molecule has 0 aliphatic heterocycles. The van der Waals surface area contributed by atoms with Crippen LogP contribution in [0.5, 0.6) is 0 Å². The van der Waals surface area contributed by atoms with Crippen molar-refractivity contribution >= 4 is 11.9 Å². The molecular formula is C11H22N2O3. The Kier molecular flexibility index (Phi) is 6.72. The fraction of sp³-hybridized carbons (Fsp3) is 0.818. The van der Waals surface area contributed by atoms with E-state index in [9.17, 15) is 9.59 Å². The molecule has 16 heavy (non-hydrogen) atoms. The highest BCUT2D eigenvalue weighted by molar-refractivity contribution is 5.77. The summed E-state index contributed by atoms with van der Waals surface area (Å²) in [6.07, 6.45) is 0.438. The number of aliphatic carboxylic acids is 1. The summed E-state index contributed by atoms with van der Waals surface area (Å²) in [6.45, 7) is 5.02. The SMILES string of the molecule is CCN(CC(C)C(=O)O)C(=O)CCN(C)C. The van der Waals surface area contributed by atoms with Crippen molar-refractivity contribution in [3.8, 4) is 0 Å². The second-order valence-corrected chi connectivity index (χ2v) is 4.22. The highest BCUT2D eigenvalue weighted by Gasteiger charge is 2.18. The molecule has 5 heteroatoms. The Hall–Kier alpha value is -1.10. The molecule has 1 unspecified atom stereocenters. The number of rotatable bonds is 7. The minimum atomic E-state index is -0.862. The van der Waals surface area contributed by atoms with Crippen molar-refractivity contribution in [3.05, 3.63) is 0 Å². The molecule has 0 aromatic rings. The van der Waals surface area contributed by atoms with Crippen molar-refractivity contribution in [1.82, 2.24) is 9.80 Å². The van der Waals surface area contributed by atoms with Crippen LogP contribution in [-0.2, 0) is 9.59 Å². The van der Waals surface area contributed by atoms with Crippen LogP contribution in [0.2, 0.25) is 0 Å². The Labute approximate surface area is 97.0 Å². The van der Waals surface area contributed by atoms with Crippen molar-refractivity contribution in [2.45, 2.75) is 20.3 Å². The second kappa shape index (κ2) is 7.22. The van der Waals surface area contributed by atoms with Crippen LogP contribution in [0.3, 0.4) is 0 Å². The van der Waals surface area contributed by atoms with Gasteiger partial charge >= 0.3 is 5.97 Å². The molecule has 5 nitrogen and oxygen atoms in total. The highest BCUT2D eigenvalue weighted by Crippen LogP contribution is 2.03. The molecule has 0 aromatic heterocycles. The first-order chi connectivity index (χ1) is 7.38. The molecule has 0 heterocycles. The van der Waals surface area contributed by atoms with Crippen molar-refractivity contribution < 1.29 is 14.7 Å². The van der Waals surface area contributed by atoms with E-state index in [1.165, 1.54) is 0 Å². The molecule has 1 amide bonds. The zero-order chi connectivity index (χ0) is 12.7. The van der Waals surface area contributed by atoms with Crippen molar-refractivity contribution in [3.63, 3.8) is 0 Å². The van der Waals surface area contributed by atoms with Crippen LogP contribution in [0.25, 0.3) is 0 Å². The molecule has 94 valence electrons. The van der Waals surface area contributed by atoms with Crippen molar-refractivity contribution in [2.75, 3.05) is 33.7 Å². The monoisotopic (exact) mass is 230 g/mol. The maximum atomic E-state index is 11.7. The molecule has 0 aliphatic rings. The first-order valence-corrected chi connectivity index (χ1v) is 5.53. The van der Waals surface area contributed by atoms with Crippen LogP contribution >= 0.6 is 0 Å². The predicted octanol–water partition coefficient (Wildman–Crippen LogP) is 0.507. The van der Waals surface area contributed by atoms with E-state index in [2.05, 4.69) is 0 Å². The topological polar surface area (TPSA) is 60.9 Å². The van der Waals surface area contributed by atoms with Gasteiger partial charge in [0, 0.05) is 26.1 Å². The summed E-state index contributed by atoms with van der Waals surface area (Å²) < 4.78 is 0. The molecule has 0 rings (SSSR count). The van der Waals surface area contributed by atoms with Gasteiger partial charge in [0.2, 0.25) is 5.91 Å². The van der Waals surface area contributed by atoms with Crippen LogP contribution in [0.1, 0.15) is 20.3 Å². The van der Waals surface area contributed by atoms with Gasteiger partial charge in [-0.2, -0.15) is 0 Å². The molecule has 0 saturated heterocycles. The normalized spacial score (nSPS) is 12.6. The van der Waals surface area contributed by atoms with E-state index < -0.39 is 11.9 Å². The Morgan fingerprint density at radius 2 is 1.88 bits per heavy atom. The van der Waals surface area contributed by atoms with Gasteiger partial charge in [-0.3, -0.25) is 9.59 Å². The summed E-state index contributed by atoms with van der Waals surface area (Å²) in [5.41, 5.74) is 0. The number of hydrogen-bond donors (Lipinski definition) is 1.